The highest BCUT2D eigenvalue weighted by Gasteiger charge is 2.19. The molecular formula is C21H20N2O7S. The first-order valence-corrected chi connectivity index (χ1v) is 10.1. The van der Waals surface area contributed by atoms with Gasteiger partial charge < -0.3 is 28.3 Å². The molecule has 0 atom stereocenters. The van der Waals surface area contributed by atoms with Gasteiger partial charge in [-0.1, -0.05) is 17.4 Å². The average Bonchev–Trinajstić information content (AvgIpc) is 3.35. The highest BCUT2D eigenvalue weighted by molar-refractivity contribution is 7.16. The smallest absolute Gasteiger partial charge is 0.325 e. The number of rotatable bonds is 6. The standard InChI is InChI=1S/C21H20N2O7S/c1-26-14-5-4-12(6-15(14)27-2)7-19(24)22-21-23(10-20(25)28-3)13-8-16-17(30-11-29-16)9-18(13)31-21/h4-6,8-9H,7,10-11H2,1-3H3. The number of thiazole rings is 1. The van der Waals surface area contributed by atoms with E-state index in [-0.39, 0.29) is 25.7 Å². The van der Waals surface area contributed by atoms with Crippen molar-refractivity contribution in [3.8, 4) is 23.0 Å². The van der Waals surface area contributed by atoms with Gasteiger partial charge in [-0.05, 0) is 17.7 Å². The lowest BCUT2D eigenvalue weighted by molar-refractivity contribution is -0.141. The minimum Gasteiger partial charge on any atom is -0.493 e. The van der Waals surface area contributed by atoms with Crippen LogP contribution in [0.1, 0.15) is 5.56 Å². The Balaban J connectivity index is 1.71. The number of carbonyl (C=O) groups excluding carboxylic acids is 2. The minimum absolute atomic E-state index is 0.0650. The van der Waals surface area contributed by atoms with E-state index in [1.807, 2.05) is 6.07 Å². The molecule has 0 bridgehead atoms. The summed E-state index contributed by atoms with van der Waals surface area (Å²) in [5, 5.41) is 0. The summed E-state index contributed by atoms with van der Waals surface area (Å²) in [6.07, 6.45) is 0.0650. The number of fused-ring (bicyclic) bond motifs is 2. The highest BCUT2D eigenvalue weighted by atomic mass is 32.1. The molecule has 31 heavy (non-hydrogen) atoms. The van der Waals surface area contributed by atoms with Crippen molar-refractivity contribution >= 4 is 33.4 Å². The topological polar surface area (TPSA) is 97.6 Å². The third-order valence-electron chi connectivity index (χ3n) is 4.72. The molecule has 162 valence electrons. The predicted molar refractivity (Wildman–Crippen MR) is 112 cm³/mol. The summed E-state index contributed by atoms with van der Waals surface area (Å²) in [5.41, 5.74) is 1.44. The lowest BCUT2D eigenvalue weighted by atomic mass is 10.1. The predicted octanol–water partition coefficient (Wildman–Crippen LogP) is 2.29. The Hall–Kier alpha value is -3.53. The molecule has 0 N–H and O–H groups in total. The van der Waals surface area contributed by atoms with Gasteiger partial charge in [-0.25, -0.2) is 0 Å². The molecule has 2 aromatic carbocycles. The quantitative estimate of drug-likeness (QED) is 0.538. The first-order chi connectivity index (χ1) is 15.0. The summed E-state index contributed by atoms with van der Waals surface area (Å²) in [6.45, 7) is 0.0588. The lowest BCUT2D eigenvalue weighted by Gasteiger charge is -2.08. The molecule has 0 saturated heterocycles. The molecule has 0 radical (unpaired) electrons. The van der Waals surface area contributed by atoms with E-state index in [1.54, 1.807) is 35.9 Å². The van der Waals surface area contributed by atoms with E-state index in [4.69, 9.17) is 23.7 Å². The number of nitrogens with zero attached hydrogens (tertiary/aromatic N) is 2. The zero-order valence-corrected chi connectivity index (χ0v) is 18.0. The Morgan fingerprint density at radius 3 is 2.52 bits per heavy atom. The highest BCUT2D eigenvalue weighted by Crippen LogP contribution is 2.37. The summed E-state index contributed by atoms with van der Waals surface area (Å²) < 4.78 is 28.6. The number of esters is 1. The van der Waals surface area contributed by atoms with Gasteiger partial charge in [-0.2, -0.15) is 4.99 Å². The van der Waals surface area contributed by atoms with Crippen LogP contribution in [0.3, 0.4) is 0 Å². The van der Waals surface area contributed by atoms with Gasteiger partial charge in [0.15, 0.2) is 27.8 Å². The molecule has 9 nitrogen and oxygen atoms in total. The molecular weight excluding hydrogens is 424 g/mol. The van der Waals surface area contributed by atoms with Crippen molar-refractivity contribution in [1.82, 2.24) is 4.57 Å². The van der Waals surface area contributed by atoms with Crippen LogP contribution >= 0.6 is 11.3 Å². The summed E-state index contributed by atoms with van der Waals surface area (Å²) >= 11 is 1.28. The fourth-order valence-corrected chi connectivity index (χ4v) is 4.26. The van der Waals surface area contributed by atoms with Crippen LogP contribution in [-0.4, -0.2) is 44.6 Å². The molecule has 0 spiro atoms. The van der Waals surface area contributed by atoms with E-state index in [2.05, 4.69) is 4.99 Å². The van der Waals surface area contributed by atoms with Crippen LogP contribution in [0.25, 0.3) is 10.2 Å². The largest absolute Gasteiger partial charge is 0.493 e. The first-order valence-electron chi connectivity index (χ1n) is 9.30. The number of methoxy groups -OCH3 is 3. The van der Waals surface area contributed by atoms with E-state index < -0.39 is 5.97 Å². The number of carbonyl (C=O) groups is 2. The van der Waals surface area contributed by atoms with Crippen LogP contribution < -0.4 is 23.7 Å². The van der Waals surface area contributed by atoms with E-state index in [9.17, 15) is 9.59 Å². The molecule has 10 heteroatoms. The summed E-state index contributed by atoms with van der Waals surface area (Å²) in [4.78, 5) is 29.3. The fourth-order valence-electron chi connectivity index (χ4n) is 3.20. The summed E-state index contributed by atoms with van der Waals surface area (Å²) in [7, 11) is 4.39. The first kappa shape index (κ1) is 20.7. The second-order valence-corrected chi connectivity index (χ2v) is 7.60. The van der Waals surface area contributed by atoms with Crippen LogP contribution in [0.4, 0.5) is 0 Å². The Bertz CT molecular complexity index is 1230. The monoisotopic (exact) mass is 444 g/mol. The van der Waals surface area contributed by atoms with Gasteiger partial charge in [0, 0.05) is 12.1 Å². The van der Waals surface area contributed by atoms with Gasteiger partial charge in [-0.15, -0.1) is 0 Å². The van der Waals surface area contributed by atoms with Crippen LogP contribution in [-0.2, 0) is 27.3 Å². The molecule has 1 aromatic heterocycles. The van der Waals surface area contributed by atoms with Gasteiger partial charge in [-0.3, -0.25) is 9.59 Å². The molecule has 1 aliphatic heterocycles. The van der Waals surface area contributed by atoms with E-state index >= 15 is 0 Å². The second-order valence-electron chi connectivity index (χ2n) is 6.59. The van der Waals surface area contributed by atoms with Crippen molar-refractivity contribution in [2.24, 2.45) is 4.99 Å². The maximum Gasteiger partial charge on any atom is 0.325 e. The lowest BCUT2D eigenvalue weighted by Crippen LogP contribution is -2.22. The number of hydrogen-bond donors (Lipinski definition) is 0. The van der Waals surface area contributed by atoms with Crippen molar-refractivity contribution in [1.29, 1.82) is 0 Å². The van der Waals surface area contributed by atoms with E-state index in [0.717, 1.165) is 10.3 Å². The maximum atomic E-state index is 12.7. The second kappa shape index (κ2) is 8.68. The maximum absolute atomic E-state index is 12.7. The van der Waals surface area contributed by atoms with Crippen molar-refractivity contribution < 1.29 is 33.3 Å². The van der Waals surface area contributed by atoms with Crippen LogP contribution in [0.5, 0.6) is 23.0 Å². The Morgan fingerprint density at radius 1 is 1.06 bits per heavy atom. The molecule has 1 aliphatic rings. The van der Waals surface area contributed by atoms with Crippen molar-refractivity contribution in [3.63, 3.8) is 0 Å². The average molecular weight is 444 g/mol. The number of amides is 1. The van der Waals surface area contributed by atoms with Gasteiger partial charge in [0.25, 0.3) is 5.91 Å². The Kier molecular flexibility index (Phi) is 5.81. The van der Waals surface area contributed by atoms with Crippen LogP contribution in [0, 0.1) is 0 Å². The molecule has 4 rings (SSSR count). The van der Waals surface area contributed by atoms with Gasteiger partial charge in [0.05, 0.1) is 38.0 Å². The van der Waals surface area contributed by atoms with Crippen molar-refractivity contribution in [2.45, 2.75) is 13.0 Å². The Labute approximate surface area is 181 Å². The fraction of sp³-hybridized carbons (Fsp3) is 0.286. The molecule has 0 saturated carbocycles. The zero-order chi connectivity index (χ0) is 22.0. The zero-order valence-electron chi connectivity index (χ0n) is 17.2. The third kappa shape index (κ3) is 4.19. The normalized spacial score (nSPS) is 12.8. The summed E-state index contributed by atoms with van der Waals surface area (Å²) in [6, 6.07) is 8.84. The van der Waals surface area contributed by atoms with Crippen LogP contribution in [0.15, 0.2) is 35.3 Å². The molecule has 2 heterocycles. The molecule has 1 amide bonds. The third-order valence-corrected chi connectivity index (χ3v) is 5.76. The molecule has 0 aliphatic carbocycles. The van der Waals surface area contributed by atoms with Gasteiger partial charge in [0.1, 0.15) is 6.54 Å². The SMILES string of the molecule is COC(=O)Cn1c(=NC(=O)Cc2ccc(OC)c(OC)c2)sc2cc3c(cc21)OCO3. The van der Waals surface area contributed by atoms with Crippen molar-refractivity contribution in [2.75, 3.05) is 28.1 Å². The van der Waals surface area contributed by atoms with Gasteiger partial charge in [0.2, 0.25) is 6.79 Å². The Morgan fingerprint density at radius 2 is 1.81 bits per heavy atom. The number of hydrogen-bond acceptors (Lipinski definition) is 8. The summed E-state index contributed by atoms with van der Waals surface area (Å²) in [5.74, 6) is 1.48. The van der Waals surface area contributed by atoms with Crippen LogP contribution in [0.2, 0.25) is 0 Å². The van der Waals surface area contributed by atoms with Crippen molar-refractivity contribution in [3.05, 3.63) is 40.7 Å². The molecule has 0 fully saturated rings. The molecule has 0 unspecified atom stereocenters. The van der Waals surface area contributed by atoms with Gasteiger partial charge >= 0.3 is 5.97 Å². The van der Waals surface area contributed by atoms with E-state index in [1.165, 1.54) is 25.6 Å². The number of aromatic nitrogens is 1. The number of benzene rings is 2. The number of ether oxygens (including phenoxy) is 5. The van der Waals surface area contributed by atoms with E-state index in [0.29, 0.717) is 33.3 Å². The molecule has 3 aromatic rings. The minimum atomic E-state index is -0.453.